The molecule has 5 nitrogen and oxygen atoms in total. The Morgan fingerprint density at radius 1 is 1.25 bits per heavy atom. The van der Waals surface area contributed by atoms with E-state index in [1.165, 1.54) is 0 Å². The van der Waals surface area contributed by atoms with Crippen molar-refractivity contribution in [3.05, 3.63) is 29.8 Å². The number of carbonyl (C=O) groups is 2. The summed E-state index contributed by atoms with van der Waals surface area (Å²) in [6.45, 7) is 9.19. The minimum Gasteiger partial charge on any atom is -0.494 e. The summed E-state index contributed by atoms with van der Waals surface area (Å²) in [4.78, 5) is 26.0. The van der Waals surface area contributed by atoms with Gasteiger partial charge in [-0.25, -0.2) is 0 Å². The highest BCUT2D eigenvalue weighted by molar-refractivity contribution is 5.76. The van der Waals surface area contributed by atoms with Gasteiger partial charge in [-0.1, -0.05) is 19.1 Å². The van der Waals surface area contributed by atoms with Crippen LogP contribution >= 0.6 is 0 Å². The lowest BCUT2D eigenvalue weighted by Crippen LogP contribution is -2.43. The number of nitrogens with one attached hydrogen (secondary N) is 1. The Hall–Kier alpha value is -1.88. The van der Waals surface area contributed by atoms with Crippen molar-refractivity contribution in [2.24, 2.45) is 11.8 Å². The molecule has 1 aromatic carbocycles. The first-order valence-electron chi connectivity index (χ1n) is 10.8. The number of aldehydes is 1. The quantitative estimate of drug-likeness (QED) is 0.590. The smallest absolute Gasteiger partial charge is 0.222 e. The Labute approximate surface area is 169 Å². The first kappa shape index (κ1) is 22.4. The van der Waals surface area contributed by atoms with Crippen molar-refractivity contribution in [1.29, 1.82) is 0 Å². The van der Waals surface area contributed by atoms with E-state index < -0.39 is 0 Å². The first-order valence-corrected chi connectivity index (χ1v) is 10.8. The summed E-state index contributed by atoms with van der Waals surface area (Å²) in [7, 11) is 0. The van der Waals surface area contributed by atoms with Crippen LogP contribution in [0.2, 0.25) is 0 Å². The highest BCUT2D eigenvalue weighted by Crippen LogP contribution is 2.24. The van der Waals surface area contributed by atoms with Crippen LogP contribution in [0.3, 0.4) is 0 Å². The summed E-state index contributed by atoms with van der Waals surface area (Å²) in [6, 6.07) is 8.42. The lowest BCUT2D eigenvalue weighted by atomic mass is 9.84. The molecular formula is C23H36N2O3. The van der Waals surface area contributed by atoms with E-state index in [2.05, 4.69) is 19.2 Å². The molecule has 156 valence electrons. The van der Waals surface area contributed by atoms with Crippen molar-refractivity contribution >= 4 is 12.2 Å². The first-order chi connectivity index (χ1) is 13.6. The number of likely N-dealkylation sites (tertiary alicyclic amines) is 1. The second kappa shape index (κ2) is 11.8. The standard InChI is InChI=1S/C23H36N2O3/c1-4-18(3)24-16-21(17-26)20-12-14-25(15-13-20)23(27)11-8-19-6-9-22(10-7-19)28-5-2/h6-7,9-10,17-18,20-21,24H,4-5,8,11-16H2,1-3H3/t18-,21?/m1/s1. The van der Waals surface area contributed by atoms with Crippen molar-refractivity contribution in [1.82, 2.24) is 10.2 Å². The van der Waals surface area contributed by atoms with Gasteiger partial charge in [0.05, 0.1) is 6.61 Å². The molecule has 0 saturated carbocycles. The number of hydrogen-bond donors (Lipinski definition) is 1. The molecule has 0 radical (unpaired) electrons. The summed E-state index contributed by atoms with van der Waals surface area (Å²) in [5.41, 5.74) is 1.16. The predicted octanol–water partition coefficient (Wildman–Crippen LogP) is 3.46. The number of nitrogens with zero attached hydrogens (tertiary/aromatic N) is 1. The SMILES string of the molecule is CCOc1ccc(CCC(=O)N2CCC(C(C=O)CN[C@H](C)CC)CC2)cc1. The van der Waals surface area contributed by atoms with Crippen LogP contribution in [0, 0.1) is 11.8 Å². The highest BCUT2D eigenvalue weighted by atomic mass is 16.5. The van der Waals surface area contributed by atoms with E-state index in [4.69, 9.17) is 4.74 Å². The maximum Gasteiger partial charge on any atom is 0.222 e. The van der Waals surface area contributed by atoms with E-state index in [0.29, 0.717) is 25.0 Å². The summed E-state index contributed by atoms with van der Waals surface area (Å²) < 4.78 is 5.45. The Kier molecular flexibility index (Phi) is 9.48. The summed E-state index contributed by atoms with van der Waals surface area (Å²) in [6.07, 6.45) is 5.28. The third-order valence-electron chi connectivity index (χ3n) is 5.85. The zero-order chi connectivity index (χ0) is 20.4. The fourth-order valence-corrected chi connectivity index (χ4v) is 3.71. The van der Waals surface area contributed by atoms with Gasteiger partial charge in [0.25, 0.3) is 0 Å². The molecule has 5 heteroatoms. The van der Waals surface area contributed by atoms with Crippen molar-refractivity contribution in [2.45, 2.75) is 58.9 Å². The molecule has 1 fully saturated rings. The molecular weight excluding hydrogens is 352 g/mol. The van der Waals surface area contributed by atoms with Gasteiger partial charge < -0.3 is 19.7 Å². The second-order valence-electron chi connectivity index (χ2n) is 7.81. The second-order valence-corrected chi connectivity index (χ2v) is 7.81. The molecule has 0 bridgehead atoms. The van der Waals surface area contributed by atoms with Gasteiger partial charge in [0.1, 0.15) is 12.0 Å². The molecule has 2 rings (SSSR count). The van der Waals surface area contributed by atoms with E-state index in [1.807, 2.05) is 36.1 Å². The Morgan fingerprint density at radius 3 is 2.50 bits per heavy atom. The van der Waals surface area contributed by atoms with Gasteiger partial charge in [0, 0.05) is 38.0 Å². The third kappa shape index (κ3) is 6.93. The minimum atomic E-state index is 0.0510. The number of ether oxygens (including phenoxy) is 1. The topological polar surface area (TPSA) is 58.6 Å². The van der Waals surface area contributed by atoms with Crippen LogP contribution in [0.4, 0.5) is 0 Å². The molecule has 28 heavy (non-hydrogen) atoms. The average molecular weight is 389 g/mol. The Balaban J connectivity index is 1.74. The van der Waals surface area contributed by atoms with E-state index in [9.17, 15) is 9.59 Å². The van der Waals surface area contributed by atoms with Crippen LogP contribution in [-0.2, 0) is 16.0 Å². The normalized spacial score (nSPS) is 17.2. The number of rotatable bonds is 11. The molecule has 1 amide bonds. The van der Waals surface area contributed by atoms with Crippen molar-refractivity contribution in [2.75, 3.05) is 26.2 Å². The van der Waals surface area contributed by atoms with Gasteiger partial charge in [0.15, 0.2) is 0 Å². The zero-order valence-electron chi connectivity index (χ0n) is 17.7. The minimum absolute atomic E-state index is 0.0510. The molecule has 1 saturated heterocycles. The van der Waals surface area contributed by atoms with E-state index in [1.54, 1.807) is 0 Å². The maximum absolute atomic E-state index is 12.6. The number of carbonyl (C=O) groups excluding carboxylic acids is 2. The van der Waals surface area contributed by atoms with Crippen molar-refractivity contribution in [3.63, 3.8) is 0 Å². The molecule has 1 heterocycles. The molecule has 1 aromatic rings. The molecule has 1 aliphatic heterocycles. The Bertz CT molecular complexity index is 594. The van der Waals surface area contributed by atoms with Crippen LogP contribution in [0.15, 0.2) is 24.3 Å². The molecule has 1 aliphatic rings. The zero-order valence-corrected chi connectivity index (χ0v) is 17.7. The molecule has 0 aliphatic carbocycles. The number of benzene rings is 1. The number of amides is 1. The van der Waals surface area contributed by atoms with Gasteiger partial charge in [-0.05, 0) is 63.1 Å². The largest absolute Gasteiger partial charge is 0.494 e. The average Bonchev–Trinajstić information content (AvgIpc) is 2.74. The van der Waals surface area contributed by atoms with Gasteiger partial charge in [-0.2, -0.15) is 0 Å². The van der Waals surface area contributed by atoms with Gasteiger partial charge >= 0.3 is 0 Å². The molecule has 1 unspecified atom stereocenters. The summed E-state index contributed by atoms with van der Waals surface area (Å²) in [5.74, 6) is 1.51. The Morgan fingerprint density at radius 2 is 1.93 bits per heavy atom. The lowest BCUT2D eigenvalue weighted by Gasteiger charge is -2.35. The van der Waals surface area contributed by atoms with E-state index in [0.717, 1.165) is 62.9 Å². The van der Waals surface area contributed by atoms with Crippen LogP contribution < -0.4 is 10.1 Å². The third-order valence-corrected chi connectivity index (χ3v) is 5.85. The van der Waals surface area contributed by atoms with E-state index in [-0.39, 0.29) is 11.8 Å². The maximum atomic E-state index is 12.6. The lowest BCUT2D eigenvalue weighted by molar-refractivity contribution is -0.132. The summed E-state index contributed by atoms with van der Waals surface area (Å²) >= 11 is 0. The number of hydrogen-bond acceptors (Lipinski definition) is 4. The monoisotopic (exact) mass is 388 g/mol. The van der Waals surface area contributed by atoms with Crippen LogP contribution in [0.5, 0.6) is 5.75 Å². The van der Waals surface area contributed by atoms with Gasteiger partial charge in [0.2, 0.25) is 5.91 Å². The molecule has 0 aromatic heterocycles. The van der Waals surface area contributed by atoms with Crippen molar-refractivity contribution < 1.29 is 14.3 Å². The van der Waals surface area contributed by atoms with Crippen LogP contribution in [0.25, 0.3) is 0 Å². The van der Waals surface area contributed by atoms with Crippen molar-refractivity contribution in [3.8, 4) is 5.75 Å². The fraction of sp³-hybridized carbons (Fsp3) is 0.652. The van der Waals surface area contributed by atoms with Gasteiger partial charge in [-0.15, -0.1) is 0 Å². The van der Waals surface area contributed by atoms with E-state index >= 15 is 0 Å². The van der Waals surface area contributed by atoms with Crippen LogP contribution in [-0.4, -0.2) is 49.4 Å². The van der Waals surface area contributed by atoms with Crippen LogP contribution in [0.1, 0.15) is 52.0 Å². The molecule has 0 spiro atoms. The summed E-state index contributed by atoms with van der Waals surface area (Å²) in [5, 5.41) is 3.44. The number of piperidine rings is 1. The molecule has 2 atom stereocenters. The highest BCUT2D eigenvalue weighted by Gasteiger charge is 2.28. The fourth-order valence-electron chi connectivity index (χ4n) is 3.71. The predicted molar refractivity (Wildman–Crippen MR) is 113 cm³/mol. The molecule has 1 N–H and O–H groups in total. The van der Waals surface area contributed by atoms with Gasteiger partial charge in [-0.3, -0.25) is 4.79 Å². The number of aryl methyl sites for hydroxylation is 1.